The second-order valence-electron chi connectivity index (χ2n) is 10.3. The minimum absolute atomic E-state index is 0.00452. The van der Waals surface area contributed by atoms with Crippen LogP contribution in [-0.4, -0.2) is 58.4 Å². The molecule has 2 N–H and O–H groups in total. The maximum Gasteiger partial charge on any atom is 0.173 e. The molecule has 0 saturated carbocycles. The molecular weight excluding hydrogens is 492 g/mol. The summed E-state index contributed by atoms with van der Waals surface area (Å²) in [5, 5.41) is 32.1. The van der Waals surface area contributed by atoms with Gasteiger partial charge in [-0.05, 0) is 48.4 Å². The molecule has 3 aromatic heterocycles. The molecule has 3 heterocycles. The number of hydrogen-bond donors (Lipinski definition) is 2. The molecule has 198 valence electrons. The molecule has 0 aliphatic heterocycles. The maximum atomic E-state index is 14.6. The van der Waals surface area contributed by atoms with Gasteiger partial charge in [-0.2, -0.15) is 5.10 Å². The molecule has 2 atom stereocenters. The molecule has 0 unspecified atom stereocenters. The molecule has 0 spiro atoms. The number of aliphatic hydroxyl groups is 2. The highest BCUT2D eigenvalue weighted by atomic mass is 19.1. The Morgan fingerprint density at radius 3 is 2.42 bits per heavy atom. The van der Waals surface area contributed by atoms with Crippen molar-refractivity contribution in [2.24, 2.45) is 5.41 Å². The first kappa shape index (κ1) is 25.9. The third-order valence-corrected chi connectivity index (χ3v) is 8.14. The summed E-state index contributed by atoms with van der Waals surface area (Å²) >= 11 is 0. The van der Waals surface area contributed by atoms with E-state index in [4.69, 9.17) is 4.98 Å². The molecule has 0 radical (unpaired) electrons. The van der Waals surface area contributed by atoms with Gasteiger partial charge in [0.1, 0.15) is 18.0 Å². The van der Waals surface area contributed by atoms with E-state index < -0.39 is 28.4 Å². The van der Waals surface area contributed by atoms with Gasteiger partial charge in [0.05, 0.1) is 53.4 Å². The average Bonchev–Trinajstić information content (AvgIpc) is 3.45. The van der Waals surface area contributed by atoms with Gasteiger partial charge in [-0.1, -0.05) is 26.8 Å². The van der Waals surface area contributed by atoms with Crippen LogP contribution in [0.1, 0.15) is 68.7 Å². The predicted octanol–water partition coefficient (Wildman–Crippen LogP) is 3.70. The molecule has 0 bridgehead atoms. The van der Waals surface area contributed by atoms with Crippen LogP contribution in [0, 0.1) is 17.0 Å². The van der Waals surface area contributed by atoms with Crippen LogP contribution < -0.4 is 0 Å². The van der Waals surface area contributed by atoms with E-state index in [0.29, 0.717) is 23.0 Å². The Morgan fingerprint density at radius 2 is 1.76 bits per heavy atom. The van der Waals surface area contributed by atoms with Gasteiger partial charge in [0.2, 0.25) is 0 Å². The lowest BCUT2D eigenvalue weighted by Crippen LogP contribution is -2.40. The number of nitrogens with zero attached hydrogens (tertiary/aromatic N) is 7. The Bertz CT molecular complexity index is 1470. The number of halogens is 2. The lowest BCUT2D eigenvalue weighted by molar-refractivity contribution is 0.187. The zero-order chi connectivity index (χ0) is 27.2. The average molecular weight is 522 g/mol. The Morgan fingerprint density at radius 1 is 1.05 bits per heavy atom. The lowest BCUT2D eigenvalue weighted by atomic mass is 9.62. The van der Waals surface area contributed by atoms with Crippen molar-refractivity contribution in [2.45, 2.75) is 51.4 Å². The van der Waals surface area contributed by atoms with Crippen molar-refractivity contribution < 1.29 is 19.0 Å². The van der Waals surface area contributed by atoms with Gasteiger partial charge in [-0.3, -0.25) is 4.98 Å². The second-order valence-corrected chi connectivity index (χ2v) is 10.3. The topological polar surface area (TPSA) is 123 Å². The minimum atomic E-state index is -0.743. The van der Waals surface area contributed by atoms with Gasteiger partial charge in [0.15, 0.2) is 11.6 Å². The van der Waals surface area contributed by atoms with Crippen LogP contribution in [0.5, 0.6) is 0 Å². The first-order valence-electron chi connectivity index (χ1n) is 12.5. The summed E-state index contributed by atoms with van der Waals surface area (Å²) in [4.78, 5) is 13.5. The third-order valence-electron chi connectivity index (χ3n) is 8.14. The first-order chi connectivity index (χ1) is 18.2. The Kier molecular flexibility index (Phi) is 6.52. The molecule has 9 nitrogen and oxygen atoms in total. The minimum Gasteiger partial charge on any atom is -0.396 e. The fourth-order valence-electron chi connectivity index (χ4n) is 5.65. The number of rotatable bonds is 7. The predicted molar refractivity (Wildman–Crippen MR) is 135 cm³/mol. The number of aliphatic hydroxyl groups excluding tert-OH is 2. The van der Waals surface area contributed by atoms with Crippen LogP contribution in [0.2, 0.25) is 0 Å². The van der Waals surface area contributed by atoms with E-state index in [0.717, 1.165) is 12.0 Å². The summed E-state index contributed by atoms with van der Waals surface area (Å²) in [6, 6.07) is 5.48. The van der Waals surface area contributed by atoms with Crippen LogP contribution >= 0.6 is 0 Å². The monoisotopic (exact) mass is 521 g/mol. The highest BCUT2D eigenvalue weighted by Crippen LogP contribution is 2.61. The highest BCUT2D eigenvalue weighted by molar-refractivity contribution is 5.63. The zero-order valence-corrected chi connectivity index (χ0v) is 21.6. The van der Waals surface area contributed by atoms with Crippen molar-refractivity contribution in [2.75, 3.05) is 13.2 Å². The van der Waals surface area contributed by atoms with Gasteiger partial charge >= 0.3 is 0 Å². The number of aromatic nitrogens is 7. The normalized spacial score (nSPS) is 20.2. The molecule has 0 saturated heterocycles. The van der Waals surface area contributed by atoms with E-state index in [9.17, 15) is 19.0 Å². The van der Waals surface area contributed by atoms with Gasteiger partial charge in [0.25, 0.3) is 0 Å². The summed E-state index contributed by atoms with van der Waals surface area (Å²) in [5.74, 6) is -1.27. The van der Waals surface area contributed by atoms with E-state index in [2.05, 4.69) is 46.0 Å². The van der Waals surface area contributed by atoms with E-state index >= 15 is 0 Å². The number of fused-ring (bicyclic) bond motifs is 1. The van der Waals surface area contributed by atoms with Crippen molar-refractivity contribution >= 4 is 0 Å². The number of hydrogen-bond acceptors (Lipinski definition) is 8. The molecular formula is C27H29F2N7O2. The molecule has 1 aliphatic carbocycles. The highest BCUT2D eigenvalue weighted by Gasteiger charge is 2.58. The van der Waals surface area contributed by atoms with Gasteiger partial charge < -0.3 is 10.2 Å². The molecule has 1 aromatic carbocycles. The molecule has 5 rings (SSSR count). The molecule has 38 heavy (non-hydrogen) atoms. The van der Waals surface area contributed by atoms with Crippen LogP contribution in [0.3, 0.4) is 0 Å². The standard InChI is InChI=1S/C27H29F2N7O2/c1-5-17-16-9-20(23-18(28)7-6-8-19(23)29)33-34-24(16)27(4,26(17,2)3)21-10-30-11-22(32-21)36-14-31-25(35-36)15(12-37)13-38/h6-11,14-15,17,37-38H,5,12-13H2,1-4H3/t17-,27-/m0/s1. The van der Waals surface area contributed by atoms with Gasteiger partial charge in [0, 0.05) is 6.20 Å². The fraction of sp³-hybridized carbons (Fsp3) is 0.407. The van der Waals surface area contributed by atoms with E-state index in [1.165, 1.54) is 29.2 Å². The maximum absolute atomic E-state index is 14.6. The van der Waals surface area contributed by atoms with Crippen molar-refractivity contribution in [1.82, 2.24) is 34.9 Å². The van der Waals surface area contributed by atoms with Crippen molar-refractivity contribution in [3.05, 3.63) is 77.4 Å². The van der Waals surface area contributed by atoms with Gasteiger partial charge in [-0.15, -0.1) is 10.2 Å². The van der Waals surface area contributed by atoms with E-state index in [-0.39, 0.29) is 30.4 Å². The SMILES string of the molecule is CC[C@H]1c2cc(-c3c(F)cccc3F)nnc2[C@](C)(c2cncc(-n3cnc(C(CO)CO)n3)n2)C1(C)C. The van der Waals surface area contributed by atoms with Crippen molar-refractivity contribution in [3.63, 3.8) is 0 Å². The fourth-order valence-corrected chi connectivity index (χ4v) is 5.65. The summed E-state index contributed by atoms with van der Waals surface area (Å²) in [5.41, 5.74) is 0.984. The quantitative estimate of drug-likeness (QED) is 0.378. The molecule has 4 aromatic rings. The molecule has 11 heteroatoms. The van der Waals surface area contributed by atoms with E-state index in [1.807, 2.05) is 6.92 Å². The van der Waals surface area contributed by atoms with Gasteiger partial charge in [-0.25, -0.2) is 23.4 Å². The van der Waals surface area contributed by atoms with Crippen LogP contribution in [0.4, 0.5) is 8.78 Å². The third kappa shape index (κ3) is 3.80. The zero-order valence-electron chi connectivity index (χ0n) is 21.6. The summed E-state index contributed by atoms with van der Waals surface area (Å²) in [6.07, 6.45) is 5.46. The summed E-state index contributed by atoms with van der Waals surface area (Å²) in [6.45, 7) is 7.79. The van der Waals surface area contributed by atoms with Crippen LogP contribution in [0.15, 0.2) is 43.0 Å². The Hall–Kier alpha value is -3.70. The largest absolute Gasteiger partial charge is 0.396 e. The number of benzene rings is 1. The van der Waals surface area contributed by atoms with Crippen molar-refractivity contribution in [1.29, 1.82) is 0 Å². The molecule has 0 amide bonds. The Balaban J connectivity index is 1.63. The Labute approximate surface area is 218 Å². The summed E-state index contributed by atoms with van der Waals surface area (Å²) in [7, 11) is 0. The lowest BCUT2D eigenvalue weighted by Gasteiger charge is -2.40. The van der Waals surface area contributed by atoms with E-state index in [1.54, 1.807) is 18.5 Å². The second kappa shape index (κ2) is 9.55. The van der Waals surface area contributed by atoms with Crippen LogP contribution in [0.25, 0.3) is 17.1 Å². The summed E-state index contributed by atoms with van der Waals surface area (Å²) < 4.78 is 30.6. The van der Waals surface area contributed by atoms with Crippen molar-refractivity contribution in [3.8, 4) is 17.1 Å². The smallest absolute Gasteiger partial charge is 0.173 e. The molecule has 0 fully saturated rings. The van der Waals surface area contributed by atoms with Crippen LogP contribution in [-0.2, 0) is 5.41 Å². The molecule has 1 aliphatic rings. The first-order valence-corrected chi connectivity index (χ1v) is 12.5.